The monoisotopic (exact) mass is 342 g/mol. The van der Waals surface area contributed by atoms with Crippen LogP contribution in [0.5, 0.6) is 5.75 Å². The number of methoxy groups -OCH3 is 1. The second kappa shape index (κ2) is 7.34. The van der Waals surface area contributed by atoms with Gasteiger partial charge in [-0.1, -0.05) is 0 Å². The summed E-state index contributed by atoms with van der Waals surface area (Å²) < 4.78 is 18.1. The zero-order valence-electron chi connectivity index (χ0n) is 13.9. The van der Waals surface area contributed by atoms with Gasteiger partial charge in [-0.25, -0.2) is 4.39 Å². The van der Waals surface area contributed by atoms with Gasteiger partial charge in [0.05, 0.1) is 7.11 Å². The molecule has 1 heterocycles. The number of hydrogen-bond donors (Lipinski definition) is 1. The van der Waals surface area contributed by atoms with Crippen LogP contribution in [0, 0.1) is 11.7 Å². The zero-order chi connectivity index (χ0) is 17.8. The normalized spacial score (nSPS) is 16.8. The number of carbonyl (C=O) groups is 2. The van der Waals surface area contributed by atoms with E-state index in [2.05, 4.69) is 5.32 Å². The molecule has 0 aromatic heterocycles. The van der Waals surface area contributed by atoms with Crippen LogP contribution in [0.25, 0.3) is 0 Å². The highest BCUT2D eigenvalue weighted by Crippen LogP contribution is 2.25. The number of nitrogens with one attached hydrogen (secondary N) is 1. The summed E-state index contributed by atoms with van der Waals surface area (Å²) in [6.07, 6.45) is 0.361. The maximum Gasteiger partial charge on any atom is 0.251 e. The third-order valence-electron chi connectivity index (χ3n) is 4.25. The predicted octanol–water partition coefficient (Wildman–Crippen LogP) is 2.62. The number of benzene rings is 2. The Hall–Kier alpha value is -2.89. The van der Waals surface area contributed by atoms with Crippen LogP contribution < -0.4 is 15.0 Å². The van der Waals surface area contributed by atoms with Gasteiger partial charge in [0.2, 0.25) is 5.91 Å². The summed E-state index contributed by atoms with van der Waals surface area (Å²) in [6.45, 7) is 0.918. The first-order valence-corrected chi connectivity index (χ1v) is 8.05. The summed E-state index contributed by atoms with van der Waals surface area (Å²) in [6, 6.07) is 12.7. The molecule has 1 N–H and O–H groups in total. The maximum atomic E-state index is 13.0. The minimum atomic E-state index is -0.335. The molecule has 6 heteroatoms. The Morgan fingerprint density at radius 3 is 2.52 bits per heavy atom. The van der Waals surface area contributed by atoms with Crippen molar-refractivity contribution in [3.8, 4) is 5.75 Å². The molecular formula is C19H19FN2O3. The first-order chi connectivity index (χ1) is 12.1. The molecule has 0 saturated carbocycles. The Morgan fingerprint density at radius 2 is 1.88 bits per heavy atom. The molecule has 1 unspecified atom stereocenters. The third-order valence-corrected chi connectivity index (χ3v) is 4.25. The molecule has 0 radical (unpaired) electrons. The van der Waals surface area contributed by atoms with E-state index in [1.54, 1.807) is 48.4 Å². The Bertz CT molecular complexity index is 759. The highest BCUT2D eigenvalue weighted by Gasteiger charge is 2.30. The fraction of sp³-hybridized carbons (Fsp3) is 0.263. The molecule has 3 rings (SSSR count). The Labute approximate surface area is 145 Å². The summed E-state index contributed by atoms with van der Waals surface area (Å²) in [7, 11) is 1.57. The SMILES string of the molecule is COc1ccc(C(=O)NCC2CC(=O)N(c3ccc(F)cc3)C2)cc1. The van der Waals surface area contributed by atoms with Crippen LogP contribution in [-0.2, 0) is 4.79 Å². The molecule has 1 aliphatic rings. The Balaban J connectivity index is 1.56. The number of rotatable bonds is 5. The quantitative estimate of drug-likeness (QED) is 0.909. The van der Waals surface area contributed by atoms with Crippen molar-refractivity contribution >= 4 is 17.5 Å². The average molecular weight is 342 g/mol. The van der Waals surface area contributed by atoms with E-state index < -0.39 is 0 Å². The molecule has 0 bridgehead atoms. The number of halogens is 1. The first kappa shape index (κ1) is 17.0. The lowest BCUT2D eigenvalue weighted by Gasteiger charge is -2.17. The fourth-order valence-electron chi connectivity index (χ4n) is 2.87. The largest absolute Gasteiger partial charge is 0.497 e. The molecule has 5 nitrogen and oxygen atoms in total. The summed E-state index contributed by atoms with van der Waals surface area (Å²) in [5.74, 6) is 0.178. The van der Waals surface area contributed by atoms with Crippen LogP contribution >= 0.6 is 0 Å². The highest BCUT2D eigenvalue weighted by molar-refractivity contribution is 5.96. The van der Waals surface area contributed by atoms with Gasteiger partial charge in [0.15, 0.2) is 0 Å². The van der Waals surface area contributed by atoms with Gasteiger partial charge in [-0.15, -0.1) is 0 Å². The summed E-state index contributed by atoms with van der Waals surface area (Å²) >= 11 is 0. The van der Waals surface area contributed by atoms with Crippen molar-refractivity contribution in [2.24, 2.45) is 5.92 Å². The topological polar surface area (TPSA) is 58.6 Å². The van der Waals surface area contributed by atoms with Crippen molar-refractivity contribution in [3.63, 3.8) is 0 Å². The van der Waals surface area contributed by atoms with Gasteiger partial charge in [0.1, 0.15) is 11.6 Å². The lowest BCUT2D eigenvalue weighted by Crippen LogP contribution is -2.31. The van der Waals surface area contributed by atoms with Crippen LogP contribution in [0.4, 0.5) is 10.1 Å². The first-order valence-electron chi connectivity index (χ1n) is 8.05. The van der Waals surface area contributed by atoms with Gasteiger partial charge in [-0.3, -0.25) is 9.59 Å². The van der Waals surface area contributed by atoms with E-state index >= 15 is 0 Å². The number of nitrogens with zero attached hydrogens (tertiary/aromatic N) is 1. The molecule has 25 heavy (non-hydrogen) atoms. The Kier molecular flexibility index (Phi) is 4.97. The van der Waals surface area contributed by atoms with Crippen molar-refractivity contribution < 1.29 is 18.7 Å². The van der Waals surface area contributed by atoms with E-state index in [-0.39, 0.29) is 23.5 Å². The van der Waals surface area contributed by atoms with Crippen molar-refractivity contribution in [1.82, 2.24) is 5.32 Å². The lowest BCUT2D eigenvalue weighted by molar-refractivity contribution is -0.117. The number of anilines is 1. The van der Waals surface area contributed by atoms with Crippen molar-refractivity contribution in [1.29, 1.82) is 0 Å². The van der Waals surface area contributed by atoms with Gasteiger partial charge >= 0.3 is 0 Å². The molecule has 2 amide bonds. The van der Waals surface area contributed by atoms with E-state index in [0.29, 0.717) is 36.5 Å². The second-order valence-electron chi connectivity index (χ2n) is 5.99. The van der Waals surface area contributed by atoms with Crippen LogP contribution in [0.15, 0.2) is 48.5 Å². The van der Waals surface area contributed by atoms with Crippen LogP contribution in [-0.4, -0.2) is 32.0 Å². The fourth-order valence-corrected chi connectivity index (χ4v) is 2.87. The minimum Gasteiger partial charge on any atom is -0.497 e. The third kappa shape index (κ3) is 3.96. The smallest absolute Gasteiger partial charge is 0.251 e. The standard InChI is InChI=1S/C19H19FN2O3/c1-25-17-8-2-14(3-9-17)19(24)21-11-13-10-18(23)22(12-13)16-6-4-15(20)5-7-16/h2-9,13H,10-12H2,1H3,(H,21,24). The van der Waals surface area contributed by atoms with E-state index in [0.717, 1.165) is 0 Å². The van der Waals surface area contributed by atoms with Crippen molar-refractivity contribution in [3.05, 3.63) is 59.9 Å². The molecule has 2 aromatic rings. The van der Waals surface area contributed by atoms with E-state index in [1.807, 2.05) is 0 Å². The summed E-state index contributed by atoms with van der Waals surface area (Å²) in [4.78, 5) is 26.0. The molecule has 1 aliphatic heterocycles. The van der Waals surface area contributed by atoms with Crippen molar-refractivity contribution in [2.45, 2.75) is 6.42 Å². The lowest BCUT2D eigenvalue weighted by atomic mass is 10.1. The van der Waals surface area contributed by atoms with Gasteiger partial charge < -0.3 is 15.0 Å². The average Bonchev–Trinajstić information content (AvgIpc) is 3.01. The summed E-state index contributed by atoms with van der Waals surface area (Å²) in [5.41, 5.74) is 1.22. The predicted molar refractivity (Wildman–Crippen MR) is 92.2 cm³/mol. The number of ether oxygens (including phenoxy) is 1. The van der Waals surface area contributed by atoms with Crippen LogP contribution in [0.1, 0.15) is 16.8 Å². The maximum absolute atomic E-state index is 13.0. The number of hydrogen-bond acceptors (Lipinski definition) is 3. The molecule has 2 aromatic carbocycles. The number of amides is 2. The van der Waals surface area contributed by atoms with Crippen LogP contribution in [0.2, 0.25) is 0 Å². The van der Waals surface area contributed by atoms with Gasteiger partial charge in [0.25, 0.3) is 5.91 Å². The highest BCUT2D eigenvalue weighted by atomic mass is 19.1. The van der Waals surface area contributed by atoms with Gasteiger partial charge in [-0.2, -0.15) is 0 Å². The molecular weight excluding hydrogens is 323 g/mol. The van der Waals surface area contributed by atoms with Gasteiger partial charge in [0, 0.05) is 36.7 Å². The van der Waals surface area contributed by atoms with E-state index in [1.165, 1.54) is 12.1 Å². The molecule has 130 valence electrons. The van der Waals surface area contributed by atoms with E-state index in [4.69, 9.17) is 4.74 Å². The molecule has 1 fully saturated rings. The minimum absolute atomic E-state index is 0.0182. The van der Waals surface area contributed by atoms with Crippen molar-refractivity contribution in [2.75, 3.05) is 25.1 Å². The van der Waals surface area contributed by atoms with Crippen LogP contribution in [0.3, 0.4) is 0 Å². The van der Waals surface area contributed by atoms with E-state index in [9.17, 15) is 14.0 Å². The molecule has 1 saturated heterocycles. The summed E-state index contributed by atoms with van der Waals surface area (Å²) in [5, 5.41) is 2.86. The Morgan fingerprint density at radius 1 is 1.20 bits per heavy atom. The second-order valence-corrected chi connectivity index (χ2v) is 5.99. The molecule has 1 atom stereocenters. The number of carbonyl (C=O) groups excluding carboxylic acids is 2. The zero-order valence-corrected chi connectivity index (χ0v) is 13.9. The van der Waals surface area contributed by atoms with Gasteiger partial charge in [-0.05, 0) is 48.5 Å². The molecule has 0 aliphatic carbocycles. The molecule has 0 spiro atoms.